The van der Waals surface area contributed by atoms with Gasteiger partial charge in [0.1, 0.15) is 5.69 Å². The van der Waals surface area contributed by atoms with Crippen molar-refractivity contribution < 1.29 is 18.1 Å². The summed E-state index contributed by atoms with van der Waals surface area (Å²) in [5.74, 6) is -0.421. The zero-order valence-electron chi connectivity index (χ0n) is 10.1. The molecule has 0 saturated carbocycles. The minimum atomic E-state index is -4.49. The van der Waals surface area contributed by atoms with Crippen LogP contribution in [0.25, 0.3) is 0 Å². The molecule has 0 amide bonds. The number of likely N-dealkylation sites (N-methyl/N-ethyl adjacent to an activating group) is 1. The Kier molecular flexibility index (Phi) is 3.44. The monoisotopic (exact) mass is 275 g/mol. The number of nitrogens with zero attached hydrogens (tertiary/aromatic N) is 3. The summed E-state index contributed by atoms with van der Waals surface area (Å²) < 4.78 is 37.2. The van der Waals surface area contributed by atoms with Crippen molar-refractivity contribution in [2.24, 2.45) is 0 Å². The number of halogens is 3. The molecule has 2 atom stereocenters. The fraction of sp³-hybridized carbons (Fsp3) is 0.545. The van der Waals surface area contributed by atoms with Crippen LogP contribution in [0.2, 0.25) is 0 Å². The highest BCUT2D eigenvalue weighted by Gasteiger charge is 2.41. The SMILES string of the molecule is CN1C[C@H](c2ccc(C(F)(F)F)nc2)[C@@H]([N+](=O)[O-])C1. The van der Waals surface area contributed by atoms with Crippen molar-refractivity contribution in [2.75, 3.05) is 20.1 Å². The van der Waals surface area contributed by atoms with E-state index < -0.39 is 23.8 Å². The summed E-state index contributed by atoms with van der Waals surface area (Å²) >= 11 is 0. The number of aromatic nitrogens is 1. The lowest BCUT2D eigenvalue weighted by Crippen LogP contribution is -2.27. The van der Waals surface area contributed by atoms with Crippen molar-refractivity contribution in [2.45, 2.75) is 18.1 Å². The van der Waals surface area contributed by atoms with Crippen LogP contribution < -0.4 is 0 Å². The Labute approximate surface area is 107 Å². The smallest absolute Gasteiger partial charge is 0.299 e. The first-order valence-corrected chi connectivity index (χ1v) is 5.64. The minimum absolute atomic E-state index is 0.290. The Hall–Kier alpha value is -1.70. The van der Waals surface area contributed by atoms with Crippen molar-refractivity contribution in [3.63, 3.8) is 0 Å². The Balaban J connectivity index is 2.24. The minimum Gasteiger partial charge on any atom is -0.299 e. The number of rotatable bonds is 2. The van der Waals surface area contributed by atoms with E-state index in [2.05, 4.69) is 4.98 Å². The molecule has 1 aromatic rings. The van der Waals surface area contributed by atoms with E-state index in [1.807, 2.05) is 0 Å². The third-order valence-electron chi connectivity index (χ3n) is 3.25. The molecule has 0 spiro atoms. The molecule has 1 aliphatic rings. The highest BCUT2D eigenvalue weighted by Crippen LogP contribution is 2.31. The standard InChI is InChI=1S/C11H12F3N3O2/c1-16-5-8(9(6-16)17(18)19)7-2-3-10(15-4-7)11(12,13)14/h2-4,8-9H,5-6H2,1H3/t8-,9+/m1/s1. The van der Waals surface area contributed by atoms with Crippen molar-refractivity contribution in [1.82, 2.24) is 9.88 Å². The van der Waals surface area contributed by atoms with Crippen LogP contribution in [0.4, 0.5) is 13.2 Å². The van der Waals surface area contributed by atoms with Gasteiger partial charge in [0.2, 0.25) is 6.04 Å². The van der Waals surface area contributed by atoms with Gasteiger partial charge in [0.15, 0.2) is 0 Å². The van der Waals surface area contributed by atoms with Crippen LogP contribution >= 0.6 is 0 Å². The molecule has 5 nitrogen and oxygen atoms in total. The summed E-state index contributed by atoms with van der Waals surface area (Å²) in [5, 5.41) is 10.9. The van der Waals surface area contributed by atoms with Gasteiger partial charge >= 0.3 is 6.18 Å². The summed E-state index contributed by atoms with van der Waals surface area (Å²) in [7, 11) is 1.74. The van der Waals surface area contributed by atoms with E-state index in [9.17, 15) is 23.3 Å². The number of alkyl halides is 3. The van der Waals surface area contributed by atoms with Crippen LogP contribution in [0, 0.1) is 10.1 Å². The summed E-state index contributed by atoms with van der Waals surface area (Å²) in [6.45, 7) is 0.734. The predicted molar refractivity (Wildman–Crippen MR) is 60.3 cm³/mol. The molecule has 104 valence electrons. The lowest BCUT2D eigenvalue weighted by atomic mass is 9.96. The topological polar surface area (TPSA) is 59.3 Å². The first-order valence-electron chi connectivity index (χ1n) is 5.64. The number of likely N-dealkylation sites (tertiary alicyclic amines) is 1. The fourth-order valence-electron chi connectivity index (χ4n) is 2.31. The highest BCUT2D eigenvalue weighted by molar-refractivity contribution is 5.22. The third-order valence-corrected chi connectivity index (χ3v) is 3.25. The molecular weight excluding hydrogens is 263 g/mol. The highest BCUT2D eigenvalue weighted by atomic mass is 19.4. The van der Waals surface area contributed by atoms with E-state index in [0.29, 0.717) is 18.7 Å². The second-order valence-corrected chi connectivity index (χ2v) is 4.65. The van der Waals surface area contributed by atoms with E-state index in [4.69, 9.17) is 0 Å². The average molecular weight is 275 g/mol. The van der Waals surface area contributed by atoms with Crippen LogP contribution in [0.1, 0.15) is 17.2 Å². The Morgan fingerprint density at radius 3 is 2.58 bits per heavy atom. The summed E-state index contributed by atoms with van der Waals surface area (Å²) in [5.41, 5.74) is -0.515. The molecule has 1 aromatic heterocycles. The lowest BCUT2D eigenvalue weighted by molar-refractivity contribution is -0.521. The average Bonchev–Trinajstić information content (AvgIpc) is 2.70. The third kappa shape index (κ3) is 2.83. The molecular formula is C11H12F3N3O2. The molecule has 0 N–H and O–H groups in total. The largest absolute Gasteiger partial charge is 0.433 e. The van der Waals surface area contributed by atoms with Crippen LogP contribution in [-0.2, 0) is 6.18 Å². The molecule has 0 aromatic carbocycles. The molecule has 1 saturated heterocycles. The normalized spacial score (nSPS) is 24.6. The maximum absolute atomic E-state index is 12.4. The van der Waals surface area contributed by atoms with Gasteiger partial charge in [-0.25, -0.2) is 0 Å². The maximum atomic E-state index is 12.4. The van der Waals surface area contributed by atoms with Crippen molar-refractivity contribution in [3.05, 3.63) is 39.7 Å². The zero-order chi connectivity index (χ0) is 14.2. The molecule has 0 aliphatic carbocycles. The number of pyridine rings is 1. The zero-order valence-corrected chi connectivity index (χ0v) is 10.1. The van der Waals surface area contributed by atoms with Gasteiger partial charge in [0.05, 0.1) is 12.5 Å². The van der Waals surface area contributed by atoms with Gasteiger partial charge in [-0.15, -0.1) is 0 Å². The second kappa shape index (κ2) is 4.76. The predicted octanol–water partition coefficient (Wildman–Crippen LogP) is 1.77. The van der Waals surface area contributed by atoms with Gasteiger partial charge in [0.25, 0.3) is 0 Å². The molecule has 2 rings (SSSR count). The lowest BCUT2D eigenvalue weighted by Gasteiger charge is -2.13. The van der Waals surface area contributed by atoms with E-state index in [-0.39, 0.29) is 4.92 Å². The Bertz CT molecular complexity index is 475. The maximum Gasteiger partial charge on any atom is 0.433 e. The molecule has 1 fully saturated rings. The summed E-state index contributed by atoms with van der Waals surface area (Å²) in [4.78, 5) is 15.7. The second-order valence-electron chi connectivity index (χ2n) is 4.65. The van der Waals surface area contributed by atoms with Crippen LogP contribution in [-0.4, -0.2) is 41.0 Å². The molecule has 1 aliphatic heterocycles. The van der Waals surface area contributed by atoms with Crippen LogP contribution in [0.15, 0.2) is 18.3 Å². The molecule has 2 heterocycles. The van der Waals surface area contributed by atoms with Crippen molar-refractivity contribution >= 4 is 0 Å². The molecule has 8 heteroatoms. The quantitative estimate of drug-likeness (QED) is 0.609. The molecule has 0 radical (unpaired) electrons. The van der Waals surface area contributed by atoms with E-state index in [0.717, 1.165) is 12.3 Å². The van der Waals surface area contributed by atoms with Gasteiger partial charge < -0.3 is 0 Å². The summed E-state index contributed by atoms with van der Waals surface area (Å²) in [6, 6.07) is 1.34. The molecule has 0 bridgehead atoms. The summed E-state index contributed by atoms with van der Waals surface area (Å²) in [6.07, 6.45) is -3.41. The Morgan fingerprint density at radius 1 is 1.42 bits per heavy atom. The number of hydrogen-bond acceptors (Lipinski definition) is 4. The van der Waals surface area contributed by atoms with E-state index in [1.54, 1.807) is 11.9 Å². The van der Waals surface area contributed by atoms with Gasteiger partial charge in [-0.3, -0.25) is 20.0 Å². The van der Waals surface area contributed by atoms with Crippen LogP contribution in [0.3, 0.4) is 0 Å². The van der Waals surface area contributed by atoms with Gasteiger partial charge in [-0.05, 0) is 18.7 Å². The fourth-order valence-corrected chi connectivity index (χ4v) is 2.31. The number of nitro groups is 1. The molecule has 19 heavy (non-hydrogen) atoms. The van der Waals surface area contributed by atoms with Crippen LogP contribution in [0.5, 0.6) is 0 Å². The Morgan fingerprint density at radius 2 is 2.11 bits per heavy atom. The van der Waals surface area contributed by atoms with E-state index in [1.165, 1.54) is 6.07 Å². The van der Waals surface area contributed by atoms with Gasteiger partial charge in [0, 0.05) is 17.7 Å². The first-order chi connectivity index (χ1) is 8.79. The molecule has 0 unspecified atom stereocenters. The first kappa shape index (κ1) is 13.7. The number of hydrogen-bond donors (Lipinski definition) is 0. The van der Waals surface area contributed by atoms with Gasteiger partial charge in [-0.1, -0.05) is 6.07 Å². The van der Waals surface area contributed by atoms with E-state index >= 15 is 0 Å². The van der Waals surface area contributed by atoms with Gasteiger partial charge in [-0.2, -0.15) is 13.2 Å². The van der Waals surface area contributed by atoms with Crippen molar-refractivity contribution in [3.8, 4) is 0 Å². The van der Waals surface area contributed by atoms with Crippen molar-refractivity contribution in [1.29, 1.82) is 0 Å².